The summed E-state index contributed by atoms with van der Waals surface area (Å²) in [6.07, 6.45) is 4.37. The molecule has 0 radical (unpaired) electrons. The van der Waals surface area contributed by atoms with E-state index >= 15 is 0 Å². The van der Waals surface area contributed by atoms with Crippen LogP contribution >= 0.6 is 0 Å². The maximum atomic E-state index is 12.7. The predicted octanol–water partition coefficient (Wildman–Crippen LogP) is 1.04. The van der Waals surface area contributed by atoms with Crippen molar-refractivity contribution in [2.45, 2.75) is 45.6 Å². The fourth-order valence-corrected chi connectivity index (χ4v) is 4.89. The minimum Gasteiger partial charge on any atom is -0.313 e. The van der Waals surface area contributed by atoms with Crippen molar-refractivity contribution in [3.05, 3.63) is 0 Å². The Hall–Kier alpha value is -0.170. The summed E-state index contributed by atoms with van der Waals surface area (Å²) in [5.41, 5.74) is 0. The summed E-state index contributed by atoms with van der Waals surface area (Å²) in [6.45, 7) is 7.62. The van der Waals surface area contributed by atoms with Gasteiger partial charge in [-0.3, -0.25) is 0 Å². The van der Waals surface area contributed by atoms with Gasteiger partial charge in [-0.05, 0) is 38.1 Å². The first kappa shape index (κ1) is 15.2. The molecule has 0 amide bonds. The molecule has 2 fully saturated rings. The van der Waals surface area contributed by atoms with Gasteiger partial charge in [-0.15, -0.1) is 0 Å². The van der Waals surface area contributed by atoms with Crippen LogP contribution in [-0.2, 0) is 10.2 Å². The van der Waals surface area contributed by atoms with Crippen molar-refractivity contribution in [3.63, 3.8) is 0 Å². The summed E-state index contributed by atoms with van der Waals surface area (Å²) >= 11 is 0. The molecule has 0 aromatic rings. The van der Waals surface area contributed by atoms with E-state index in [2.05, 4.69) is 12.2 Å². The molecule has 2 aliphatic heterocycles. The lowest BCUT2D eigenvalue weighted by Crippen LogP contribution is -2.50. The Balaban J connectivity index is 2.02. The largest absolute Gasteiger partial charge is 0.313 e. The van der Waals surface area contributed by atoms with Gasteiger partial charge in [0.2, 0.25) is 0 Å². The molecular formula is C13H27N3O2S. The molecule has 6 heteroatoms. The van der Waals surface area contributed by atoms with Gasteiger partial charge in [0, 0.05) is 32.2 Å². The van der Waals surface area contributed by atoms with Crippen LogP contribution in [0.15, 0.2) is 0 Å². The fourth-order valence-electron chi connectivity index (χ4n) is 3.06. The first-order chi connectivity index (χ1) is 9.04. The highest BCUT2D eigenvalue weighted by Crippen LogP contribution is 2.21. The van der Waals surface area contributed by atoms with Gasteiger partial charge in [-0.25, -0.2) is 0 Å². The van der Waals surface area contributed by atoms with E-state index in [0.29, 0.717) is 38.1 Å². The first-order valence-corrected chi connectivity index (χ1v) is 8.92. The highest BCUT2D eigenvalue weighted by atomic mass is 32.2. The number of hydrogen-bond donors (Lipinski definition) is 1. The molecule has 5 nitrogen and oxygen atoms in total. The SMILES string of the molecule is CCN(CC1CCCN1)S(=O)(=O)N1CCCC(C)C1. The molecule has 112 valence electrons. The summed E-state index contributed by atoms with van der Waals surface area (Å²) in [5, 5.41) is 3.38. The van der Waals surface area contributed by atoms with Gasteiger partial charge >= 0.3 is 0 Å². The maximum absolute atomic E-state index is 12.7. The molecule has 2 atom stereocenters. The second kappa shape index (κ2) is 6.52. The minimum atomic E-state index is -3.27. The lowest BCUT2D eigenvalue weighted by atomic mass is 10.0. The third kappa shape index (κ3) is 3.68. The van der Waals surface area contributed by atoms with E-state index < -0.39 is 10.2 Å². The Labute approximate surface area is 117 Å². The molecule has 1 N–H and O–H groups in total. The molecule has 2 rings (SSSR count). The van der Waals surface area contributed by atoms with Gasteiger partial charge in [-0.2, -0.15) is 17.0 Å². The zero-order valence-electron chi connectivity index (χ0n) is 12.1. The Morgan fingerprint density at radius 2 is 2.11 bits per heavy atom. The van der Waals surface area contributed by atoms with E-state index in [9.17, 15) is 8.42 Å². The Bertz CT molecular complexity index is 379. The van der Waals surface area contributed by atoms with Crippen LogP contribution in [0.5, 0.6) is 0 Å². The smallest absolute Gasteiger partial charge is 0.282 e. The van der Waals surface area contributed by atoms with Gasteiger partial charge in [0.1, 0.15) is 0 Å². The average molecular weight is 289 g/mol. The number of likely N-dealkylation sites (N-methyl/N-ethyl adjacent to an activating group) is 1. The van der Waals surface area contributed by atoms with Crippen LogP contribution < -0.4 is 5.32 Å². The van der Waals surface area contributed by atoms with Crippen LogP contribution in [0.25, 0.3) is 0 Å². The van der Waals surface area contributed by atoms with E-state index in [-0.39, 0.29) is 0 Å². The van der Waals surface area contributed by atoms with Crippen molar-refractivity contribution in [1.29, 1.82) is 0 Å². The fraction of sp³-hybridized carbons (Fsp3) is 1.00. The molecule has 2 heterocycles. The van der Waals surface area contributed by atoms with Crippen molar-refractivity contribution in [1.82, 2.24) is 13.9 Å². The monoisotopic (exact) mass is 289 g/mol. The second-order valence-electron chi connectivity index (χ2n) is 5.86. The normalized spacial score (nSPS) is 30.1. The summed E-state index contributed by atoms with van der Waals surface area (Å²) in [6, 6.07) is 0.330. The van der Waals surface area contributed by atoms with E-state index in [1.165, 1.54) is 0 Å². The molecule has 2 aliphatic rings. The van der Waals surface area contributed by atoms with Crippen molar-refractivity contribution >= 4 is 10.2 Å². The number of hydrogen-bond acceptors (Lipinski definition) is 3. The Morgan fingerprint density at radius 1 is 1.32 bits per heavy atom. The molecule has 0 spiro atoms. The summed E-state index contributed by atoms with van der Waals surface area (Å²) in [5.74, 6) is 0.479. The van der Waals surface area contributed by atoms with E-state index in [4.69, 9.17) is 0 Å². The Morgan fingerprint density at radius 3 is 2.68 bits per heavy atom. The minimum absolute atomic E-state index is 0.330. The van der Waals surface area contributed by atoms with Crippen LogP contribution in [0.3, 0.4) is 0 Å². The molecule has 0 aromatic carbocycles. The standard InChI is InChI=1S/C13H27N3O2S/c1-3-15(11-13-7-4-8-14-13)19(17,18)16-9-5-6-12(2)10-16/h12-14H,3-11H2,1-2H3. The van der Waals surface area contributed by atoms with Gasteiger partial charge in [0.05, 0.1) is 0 Å². The molecule has 0 saturated carbocycles. The van der Waals surface area contributed by atoms with E-state index in [0.717, 1.165) is 32.2 Å². The lowest BCUT2D eigenvalue weighted by Gasteiger charge is -2.35. The van der Waals surface area contributed by atoms with Crippen molar-refractivity contribution in [2.75, 3.05) is 32.7 Å². The van der Waals surface area contributed by atoms with Crippen LogP contribution in [0.1, 0.15) is 39.5 Å². The third-order valence-corrected chi connectivity index (χ3v) is 6.26. The first-order valence-electron chi connectivity index (χ1n) is 7.52. The van der Waals surface area contributed by atoms with Crippen LogP contribution in [0, 0.1) is 5.92 Å². The predicted molar refractivity (Wildman–Crippen MR) is 77.2 cm³/mol. The van der Waals surface area contributed by atoms with Crippen molar-refractivity contribution in [2.24, 2.45) is 5.92 Å². The number of rotatable bonds is 5. The third-order valence-electron chi connectivity index (χ3n) is 4.21. The average Bonchev–Trinajstić information content (AvgIpc) is 2.88. The van der Waals surface area contributed by atoms with E-state index in [1.807, 2.05) is 6.92 Å². The zero-order valence-corrected chi connectivity index (χ0v) is 13.0. The van der Waals surface area contributed by atoms with Gasteiger partial charge in [0.25, 0.3) is 10.2 Å². The topological polar surface area (TPSA) is 52.7 Å². The molecule has 0 aliphatic carbocycles. The number of nitrogens with zero attached hydrogens (tertiary/aromatic N) is 2. The number of nitrogens with one attached hydrogen (secondary N) is 1. The van der Waals surface area contributed by atoms with Crippen molar-refractivity contribution in [3.8, 4) is 0 Å². The Kier molecular flexibility index (Phi) is 5.22. The highest BCUT2D eigenvalue weighted by Gasteiger charge is 2.33. The quantitative estimate of drug-likeness (QED) is 0.823. The molecule has 0 aromatic heterocycles. The lowest BCUT2D eigenvalue weighted by molar-refractivity contribution is 0.255. The maximum Gasteiger partial charge on any atom is 0.282 e. The second-order valence-corrected chi connectivity index (χ2v) is 7.79. The van der Waals surface area contributed by atoms with Crippen molar-refractivity contribution < 1.29 is 8.42 Å². The van der Waals surface area contributed by atoms with Crippen LogP contribution in [0.4, 0.5) is 0 Å². The van der Waals surface area contributed by atoms with Gasteiger partial charge in [0.15, 0.2) is 0 Å². The van der Waals surface area contributed by atoms with Crippen LogP contribution in [0.2, 0.25) is 0 Å². The van der Waals surface area contributed by atoms with Gasteiger partial charge in [-0.1, -0.05) is 13.8 Å². The number of piperidine rings is 1. The molecule has 19 heavy (non-hydrogen) atoms. The van der Waals surface area contributed by atoms with E-state index in [1.54, 1.807) is 8.61 Å². The molecule has 2 unspecified atom stereocenters. The summed E-state index contributed by atoms with van der Waals surface area (Å²) < 4.78 is 28.7. The summed E-state index contributed by atoms with van der Waals surface area (Å²) in [4.78, 5) is 0. The van der Waals surface area contributed by atoms with Crippen LogP contribution in [-0.4, -0.2) is 55.8 Å². The molecular weight excluding hydrogens is 262 g/mol. The zero-order chi connectivity index (χ0) is 13.9. The summed E-state index contributed by atoms with van der Waals surface area (Å²) in [7, 11) is -3.27. The highest BCUT2D eigenvalue weighted by molar-refractivity contribution is 7.86. The molecule has 0 bridgehead atoms. The molecule has 2 saturated heterocycles. The van der Waals surface area contributed by atoms with Gasteiger partial charge < -0.3 is 5.32 Å².